The van der Waals surface area contributed by atoms with Crippen LogP contribution in [0, 0.1) is 17.3 Å². The van der Waals surface area contributed by atoms with Crippen molar-refractivity contribution in [1.82, 2.24) is 0 Å². The van der Waals surface area contributed by atoms with Gasteiger partial charge in [0.1, 0.15) is 23.3 Å². The quantitative estimate of drug-likeness (QED) is 0.560. The first-order chi connectivity index (χ1) is 8.34. The molecule has 1 aliphatic heterocycles. The van der Waals surface area contributed by atoms with Crippen molar-refractivity contribution in [1.29, 1.82) is 0 Å². The average Bonchev–Trinajstić information content (AvgIpc) is 2.99. The number of hydrogen-bond donors (Lipinski definition) is 1. The number of hydrogen-bond acceptors (Lipinski definition) is 4. The van der Waals surface area contributed by atoms with Crippen LogP contribution in [0.15, 0.2) is 0 Å². The van der Waals surface area contributed by atoms with Crippen LogP contribution in [-0.4, -0.2) is 34.5 Å². The molecule has 1 heterocycles. The average molecular weight is 252 g/mol. The highest BCUT2D eigenvalue weighted by atomic mass is 16.6. The van der Waals surface area contributed by atoms with Gasteiger partial charge in [-0.15, -0.1) is 0 Å². The Balaban J connectivity index is 2.08. The fraction of sp³-hybridized carbons (Fsp3) is 0.857. The summed E-state index contributed by atoms with van der Waals surface area (Å²) in [7, 11) is 0. The van der Waals surface area contributed by atoms with Gasteiger partial charge < -0.3 is 9.84 Å². The molecule has 2 aliphatic carbocycles. The van der Waals surface area contributed by atoms with Crippen molar-refractivity contribution in [3.8, 4) is 0 Å². The lowest BCUT2D eigenvalue weighted by molar-refractivity contribution is -0.151. The van der Waals surface area contributed by atoms with E-state index in [1.165, 1.54) is 6.92 Å². The standard InChI is InChI=1S/C14H20O4/c1-7-6-10(17)12-14(18-12)5-4-9(16)11(8(2)15)13(7,14)3/h7,10-12,17H,4-6H2,1-3H3. The van der Waals surface area contributed by atoms with Gasteiger partial charge in [0, 0.05) is 11.8 Å². The van der Waals surface area contributed by atoms with E-state index in [4.69, 9.17) is 4.74 Å². The van der Waals surface area contributed by atoms with Gasteiger partial charge in [-0.2, -0.15) is 0 Å². The van der Waals surface area contributed by atoms with Crippen LogP contribution >= 0.6 is 0 Å². The van der Waals surface area contributed by atoms with Crippen molar-refractivity contribution < 1.29 is 19.4 Å². The number of ether oxygens (including phenoxy) is 1. The molecule has 0 radical (unpaired) electrons. The van der Waals surface area contributed by atoms with Crippen molar-refractivity contribution in [3.63, 3.8) is 0 Å². The molecular weight excluding hydrogens is 232 g/mol. The van der Waals surface area contributed by atoms with E-state index >= 15 is 0 Å². The van der Waals surface area contributed by atoms with Crippen LogP contribution in [0.5, 0.6) is 0 Å². The Kier molecular flexibility index (Phi) is 2.34. The molecule has 0 aromatic heterocycles. The van der Waals surface area contributed by atoms with Gasteiger partial charge >= 0.3 is 0 Å². The van der Waals surface area contributed by atoms with Crippen molar-refractivity contribution in [3.05, 3.63) is 0 Å². The predicted octanol–water partition coefficient (Wildman–Crippen LogP) is 1.10. The lowest BCUT2D eigenvalue weighted by atomic mass is 9.49. The first kappa shape index (κ1) is 12.3. The molecule has 0 amide bonds. The Morgan fingerprint density at radius 3 is 2.78 bits per heavy atom. The molecule has 0 aromatic rings. The Bertz CT molecular complexity index is 432. The summed E-state index contributed by atoms with van der Waals surface area (Å²) in [5.74, 6) is -0.449. The van der Waals surface area contributed by atoms with E-state index in [1.807, 2.05) is 13.8 Å². The summed E-state index contributed by atoms with van der Waals surface area (Å²) < 4.78 is 5.83. The minimum atomic E-state index is -0.557. The molecule has 2 saturated carbocycles. The lowest BCUT2D eigenvalue weighted by Crippen LogP contribution is -2.60. The molecule has 4 heteroatoms. The minimum absolute atomic E-state index is 0.0492. The van der Waals surface area contributed by atoms with Gasteiger partial charge in [0.15, 0.2) is 0 Å². The van der Waals surface area contributed by atoms with E-state index in [1.54, 1.807) is 0 Å². The molecule has 0 aromatic carbocycles. The number of aliphatic hydroxyl groups is 1. The van der Waals surface area contributed by atoms with E-state index in [0.717, 1.165) is 0 Å². The second kappa shape index (κ2) is 3.42. The van der Waals surface area contributed by atoms with E-state index in [2.05, 4.69) is 0 Å². The Hall–Kier alpha value is -0.740. The molecule has 3 aliphatic rings. The molecule has 4 nitrogen and oxygen atoms in total. The maximum absolute atomic E-state index is 12.1. The van der Waals surface area contributed by atoms with Crippen molar-refractivity contribution in [2.24, 2.45) is 17.3 Å². The van der Waals surface area contributed by atoms with Crippen molar-refractivity contribution >= 4 is 11.6 Å². The molecule has 1 spiro atoms. The fourth-order valence-electron chi connectivity index (χ4n) is 4.60. The van der Waals surface area contributed by atoms with Crippen LogP contribution in [0.3, 0.4) is 0 Å². The fourth-order valence-corrected chi connectivity index (χ4v) is 4.60. The van der Waals surface area contributed by atoms with Gasteiger partial charge in [-0.25, -0.2) is 0 Å². The number of aliphatic hydroxyl groups excluding tert-OH is 1. The van der Waals surface area contributed by atoms with Gasteiger partial charge in [-0.1, -0.05) is 13.8 Å². The number of ketones is 2. The molecule has 6 atom stereocenters. The topological polar surface area (TPSA) is 66.9 Å². The number of rotatable bonds is 1. The highest BCUT2D eigenvalue weighted by Crippen LogP contribution is 2.67. The van der Waals surface area contributed by atoms with Gasteiger partial charge in [0.2, 0.25) is 0 Å². The summed E-state index contributed by atoms with van der Waals surface area (Å²) in [6.07, 6.45) is 1.04. The normalized spacial score (nSPS) is 54.6. The van der Waals surface area contributed by atoms with E-state index in [-0.39, 0.29) is 23.6 Å². The molecular formula is C14H20O4. The Morgan fingerprint density at radius 1 is 1.50 bits per heavy atom. The molecule has 1 N–H and O–H groups in total. The number of carbonyl (C=O) groups excluding carboxylic acids is 2. The van der Waals surface area contributed by atoms with Crippen LogP contribution in [0.25, 0.3) is 0 Å². The molecule has 6 unspecified atom stereocenters. The van der Waals surface area contributed by atoms with E-state index < -0.39 is 23.0 Å². The highest BCUT2D eigenvalue weighted by molar-refractivity contribution is 6.03. The molecule has 100 valence electrons. The summed E-state index contributed by atoms with van der Waals surface area (Å²) in [6.45, 7) is 5.53. The summed E-state index contributed by atoms with van der Waals surface area (Å²) in [5, 5.41) is 10.0. The highest BCUT2D eigenvalue weighted by Gasteiger charge is 2.77. The first-order valence-corrected chi connectivity index (χ1v) is 6.73. The maximum Gasteiger partial charge on any atom is 0.144 e. The van der Waals surface area contributed by atoms with Crippen molar-refractivity contribution in [2.45, 2.75) is 57.8 Å². The Morgan fingerprint density at radius 2 is 2.17 bits per heavy atom. The SMILES string of the molecule is CC(=O)C1C(=O)CCC23OC2C(O)CC(C)C13C. The largest absolute Gasteiger partial charge is 0.390 e. The zero-order valence-corrected chi connectivity index (χ0v) is 11.1. The smallest absolute Gasteiger partial charge is 0.144 e. The first-order valence-electron chi connectivity index (χ1n) is 6.73. The van der Waals surface area contributed by atoms with Crippen molar-refractivity contribution in [2.75, 3.05) is 0 Å². The van der Waals surface area contributed by atoms with Crippen LogP contribution in [-0.2, 0) is 14.3 Å². The second-order valence-corrected chi connectivity index (χ2v) is 6.42. The summed E-state index contributed by atoms with van der Waals surface area (Å²) >= 11 is 0. The number of Topliss-reactive ketones (excluding diaryl/α,β-unsaturated/α-hetero) is 2. The van der Waals surface area contributed by atoms with Gasteiger partial charge in [0.05, 0.1) is 12.0 Å². The lowest BCUT2D eigenvalue weighted by Gasteiger charge is -2.51. The third kappa shape index (κ3) is 1.18. The molecule has 0 bridgehead atoms. The van der Waals surface area contributed by atoms with Gasteiger partial charge in [-0.3, -0.25) is 9.59 Å². The van der Waals surface area contributed by atoms with E-state index in [0.29, 0.717) is 19.3 Å². The monoisotopic (exact) mass is 252 g/mol. The number of epoxide rings is 1. The van der Waals surface area contributed by atoms with Crippen LogP contribution in [0.1, 0.15) is 40.0 Å². The summed E-state index contributed by atoms with van der Waals surface area (Å²) in [6, 6.07) is 0. The summed E-state index contributed by atoms with van der Waals surface area (Å²) in [5.41, 5.74) is -0.883. The minimum Gasteiger partial charge on any atom is -0.390 e. The van der Waals surface area contributed by atoms with Crippen LogP contribution < -0.4 is 0 Å². The summed E-state index contributed by atoms with van der Waals surface area (Å²) in [4.78, 5) is 24.1. The zero-order valence-electron chi connectivity index (χ0n) is 11.1. The number of carbonyl (C=O) groups is 2. The van der Waals surface area contributed by atoms with Crippen LogP contribution in [0.4, 0.5) is 0 Å². The third-order valence-electron chi connectivity index (χ3n) is 5.69. The zero-order chi connectivity index (χ0) is 13.3. The maximum atomic E-state index is 12.1. The predicted molar refractivity (Wildman–Crippen MR) is 63.9 cm³/mol. The molecule has 3 fully saturated rings. The van der Waals surface area contributed by atoms with Gasteiger partial charge in [-0.05, 0) is 25.7 Å². The third-order valence-corrected chi connectivity index (χ3v) is 5.69. The molecule has 3 rings (SSSR count). The molecule has 1 saturated heterocycles. The second-order valence-electron chi connectivity index (χ2n) is 6.42. The molecule has 18 heavy (non-hydrogen) atoms. The Labute approximate surface area is 107 Å². The van der Waals surface area contributed by atoms with E-state index in [9.17, 15) is 14.7 Å². The van der Waals surface area contributed by atoms with Crippen LogP contribution in [0.2, 0.25) is 0 Å². The van der Waals surface area contributed by atoms with Gasteiger partial charge in [0.25, 0.3) is 0 Å².